The first kappa shape index (κ1) is 20.4. The normalized spacial score (nSPS) is 16.3. The molecule has 154 valence electrons. The molecule has 0 bridgehead atoms. The Morgan fingerprint density at radius 2 is 1.70 bits per heavy atom. The smallest absolute Gasteiger partial charge is 0.277 e. The van der Waals surface area contributed by atoms with Gasteiger partial charge in [-0.05, 0) is 43.3 Å². The topological polar surface area (TPSA) is 86.5 Å². The van der Waals surface area contributed by atoms with Gasteiger partial charge in [0.25, 0.3) is 15.9 Å². The number of hydrogen-bond donors (Lipinski definition) is 1. The van der Waals surface area contributed by atoms with Gasteiger partial charge in [0.05, 0.1) is 10.4 Å². The Kier molecular flexibility index (Phi) is 4.82. The fraction of sp³-hybridized carbons (Fsp3) is 0.143. The Labute approximate surface area is 182 Å². The van der Waals surface area contributed by atoms with Crippen LogP contribution in [0.15, 0.2) is 63.7 Å². The van der Waals surface area contributed by atoms with Gasteiger partial charge in [0.15, 0.2) is 0 Å². The second-order valence-electron chi connectivity index (χ2n) is 7.14. The van der Waals surface area contributed by atoms with E-state index in [1.54, 1.807) is 49.5 Å². The summed E-state index contributed by atoms with van der Waals surface area (Å²) in [4.78, 5) is 15.4. The Bertz CT molecular complexity index is 1340. The van der Waals surface area contributed by atoms with Crippen molar-refractivity contribution >= 4 is 54.8 Å². The Morgan fingerprint density at radius 1 is 1.03 bits per heavy atom. The molecule has 9 heteroatoms. The number of guanidine groups is 1. The van der Waals surface area contributed by atoms with E-state index in [0.717, 1.165) is 10.0 Å². The molecule has 0 unspecified atom stereocenters. The summed E-state index contributed by atoms with van der Waals surface area (Å²) in [6.45, 7) is 1.90. The summed E-state index contributed by atoms with van der Waals surface area (Å²) >= 11 is 3.44. The Morgan fingerprint density at radius 3 is 2.30 bits per heavy atom. The molecule has 2 aromatic carbocycles. The van der Waals surface area contributed by atoms with E-state index in [1.165, 1.54) is 27.0 Å². The lowest BCUT2D eigenvalue weighted by atomic mass is 10.1. The fourth-order valence-electron chi connectivity index (χ4n) is 3.39. The fourth-order valence-corrected chi connectivity index (χ4v) is 5.13. The van der Waals surface area contributed by atoms with Crippen LogP contribution in [0.3, 0.4) is 0 Å². The van der Waals surface area contributed by atoms with Crippen molar-refractivity contribution in [3.05, 3.63) is 70.0 Å². The summed E-state index contributed by atoms with van der Waals surface area (Å²) < 4.78 is 28.7. The van der Waals surface area contributed by atoms with E-state index in [4.69, 9.17) is 5.41 Å². The third kappa shape index (κ3) is 3.14. The van der Waals surface area contributed by atoms with E-state index in [-0.39, 0.29) is 16.8 Å². The summed E-state index contributed by atoms with van der Waals surface area (Å²) in [5, 5.41) is 8.68. The van der Waals surface area contributed by atoms with Crippen LogP contribution in [0.2, 0.25) is 0 Å². The van der Waals surface area contributed by atoms with E-state index in [2.05, 4.69) is 15.9 Å². The van der Waals surface area contributed by atoms with Crippen LogP contribution in [-0.4, -0.2) is 48.2 Å². The molecule has 1 N–H and O–H groups in total. The zero-order chi connectivity index (χ0) is 21.8. The minimum Gasteiger partial charge on any atom is -0.311 e. The highest BCUT2D eigenvalue weighted by Gasteiger charge is 2.33. The van der Waals surface area contributed by atoms with Crippen molar-refractivity contribution in [3.63, 3.8) is 0 Å². The lowest BCUT2D eigenvalue weighted by Crippen LogP contribution is -2.27. The molecule has 1 aliphatic heterocycles. The van der Waals surface area contributed by atoms with E-state index in [0.29, 0.717) is 22.2 Å². The molecule has 3 aromatic rings. The number of hydrogen-bond acceptors (Lipinski definition) is 4. The van der Waals surface area contributed by atoms with E-state index < -0.39 is 10.0 Å². The maximum Gasteiger partial charge on any atom is 0.277 e. The highest BCUT2D eigenvalue weighted by Crippen LogP contribution is 2.31. The van der Waals surface area contributed by atoms with Crippen LogP contribution >= 0.6 is 15.9 Å². The lowest BCUT2D eigenvalue weighted by molar-refractivity contribution is -0.121. The van der Waals surface area contributed by atoms with Crippen LogP contribution in [0.1, 0.15) is 11.1 Å². The number of carbonyl (C=O) groups is 1. The first-order chi connectivity index (χ1) is 14.1. The third-order valence-electron chi connectivity index (χ3n) is 5.15. The van der Waals surface area contributed by atoms with Gasteiger partial charge in [-0.2, -0.15) is 0 Å². The molecule has 7 nitrogen and oxygen atoms in total. The van der Waals surface area contributed by atoms with Crippen LogP contribution in [0.4, 0.5) is 0 Å². The summed E-state index contributed by atoms with van der Waals surface area (Å²) in [6, 6.07) is 12.0. The SMILES string of the molecule is Cc1ccc(S(=O)(=O)n2cc(/C=C3\C(=O)N(C)C(=N)N3C)c3cc(Br)ccc32)cc1. The minimum atomic E-state index is -3.84. The van der Waals surface area contributed by atoms with E-state index in [9.17, 15) is 13.2 Å². The quantitative estimate of drug-likeness (QED) is 0.572. The average Bonchev–Trinajstić information content (AvgIpc) is 3.15. The molecule has 0 spiro atoms. The second-order valence-corrected chi connectivity index (χ2v) is 9.87. The number of amides is 1. The van der Waals surface area contributed by atoms with Crippen molar-refractivity contribution in [3.8, 4) is 0 Å². The molecule has 4 rings (SSSR count). The summed E-state index contributed by atoms with van der Waals surface area (Å²) in [7, 11) is -0.672. The monoisotopic (exact) mass is 486 g/mol. The van der Waals surface area contributed by atoms with E-state index in [1.807, 2.05) is 13.0 Å². The number of nitrogens with zero attached hydrogens (tertiary/aromatic N) is 3. The number of benzene rings is 2. The van der Waals surface area contributed by atoms with Crippen molar-refractivity contribution < 1.29 is 13.2 Å². The summed E-state index contributed by atoms with van der Waals surface area (Å²) in [6.07, 6.45) is 3.14. The van der Waals surface area contributed by atoms with Gasteiger partial charge in [-0.15, -0.1) is 0 Å². The van der Waals surface area contributed by atoms with Crippen molar-refractivity contribution in [1.82, 2.24) is 13.8 Å². The molecule has 1 saturated heterocycles. The number of aryl methyl sites for hydroxylation is 1. The zero-order valence-corrected chi connectivity index (χ0v) is 19.0. The predicted octanol–water partition coefficient (Wildman–Crippen LogP) is 3.63. The van der Waals surface area contributed by atoms with Gasteiger partial charge in [0.2, 0.25) is 5.96 Å². The maximum absolute atomic E-state index is 13.3. The van der Waals surface area contributed by atoms with Gasteiger partial charge in [-0.25, -0.2) is 12.4 Å². The third-order valence-corrected chi connectivity index (χ3v) is 7.34. The molecule has 1 amide bonds. The highest BCUT2D eigenvalue weighted by molar-refractivity contribution is 9.10. The molecular formula is C21H19BrN4O3S. The van der Waals surface area contributed by atoms with Crippen LogP contribution in [-0.2, 0) is 14.8 Å². The van der Waals surface area contributed by atoms with Crippen molar-refractivity contribution in [1.29, 1.82) is 5.41 Å². The van der Waals surface area contributed by atoms with Crippen molar-refractivity contribution in [2.24, 2.45) is 0 Å². The molecule has 0 aliphatic carbocycles. The van der Waals surface area contributed by atoms with Gasteiger partial charge < -0.3 is 4.90 Å². The molecule has 2 heterocycles. The number of fused-ring (bicyclic) bond motifs is 1. The largest absolute Gasteiger partial charge is 0.311 e. The number of likely N-dealkylation sites (N-methyl/N-ethyl adjacent to an activating group) is 2. The lowest BCUT2D eigenvalue weighted by Gasteiger charge is -2.10. The predicted molar refractivity (Wildman–Crippen MR) is 120 cm³/mol. The Hall–Kier alpha value is -2.91. The zero-order valence-electron chi connectivity index (χ0n) is 16.5. The van der Waals surface area contributed by atoms with Gasteiger partial charge in [0, 0.05) is 35.7 Å². The van der Waals surface area contributed by atoms with Crippen molar-refractivity contribution in [2.75, 3.05) is 14.1 Å². The number of rotatable bonds is 3. The van der Waals surface area contributed by atoms with Crippen LogP contribution in [0.5, 0.6) is 0 Å². The second kappa shape index (κ2) is 7.10. The van der Waals surface area contributed by atoms with Gasteiger partial charge in [0.1, 0.15) is 5.70 Å². The summed E-state index contributed by atoms with van der Waals surface area (Å²) in [5.74, 6) is -0.261. The number of aromatic nitrogens is 1. The molecule has 1 aliphatic rings. The standard InChI is InChI=1S/C21H19BrN4O3S/c1-13-4-7-16(8-5-13)30(28,29)26-12-14(17-11-15(22)6-9-18(17)26)10-19-20(27)25(3)21(23)24(19)2/h4-12,23H,1-3H3/b19-10+,23-21?. The van der Waals surface area contributed by atoms with Crippen LogP contribution in [0, 0.1) is 12.3 Å². The number of halogens is 1. The van der Waals surface area contributed by atoms with Gasteiger partial charge in [-0.1, -0.05) is 33.6 Å². The van der Waals surface area contributed by atoms with Gasteiger partial charge in [-0.3, -0.25) is 15.1 Å². The van der Waals surface area contributed by atoms with Crippen molar-refractivity contribution in [2.45, 2.75) is 11.8 Å². The Balaban J connectivity index is 1.95. The molecule has 0 radical (unpaired) electrons. The van der Waals surface area contributed by atoms with E-state index >= 15 is 0 Å². The maximum atomic E-state index is 13.3. The summed E-state index contributed by atoms with van der Waals surface area (Å²) in [5.41, 5.74) is 2.34. The molecule has 0 saturated carbocycles. The molecule has 1 aromatic heterocycles. The average molecular weight is 487 g/mol. The van der Waals surface area contributed by atoms with Crippen LogP contribution in [0.25, 0.3) is 17.0 Å². The first-order valence-electron chi connectivity index (χ1n) is 9.06. The molecule has 0 atom stereocenters. The number of nitrogens with one attached hydrogen (secondary N) is 1. The molecular weight excluding hydrogens is 468 g/mol. The first-order valence-corrected chi connectivity index (χ1v) is 11.3. The number of carbonyl (C=O) groups excluding carboxylic acids is 1. The van der Waals surface area contributed by atoms with Crippen LogP contribution < -0.4 is 0 Å². The minimum absolute atomic E-state index is 0.0587. The highest BCUT2D eigenvalue weighted by atomic mass is 79.9. The molecule has 1 fully saturated rings. The molecule has 30 heavy (non-hydrogen) atoms. The van der Waals surface area contributed by atoms with Gasteiger partial charge >= 0.3 is 0 Å².